The van der Waals surface area contributed by atoms with Gasteiger partial charge in [0, 0.05) is 5.03 Å². The van der Waals surface area contributed by atoms with Crippen molar-refractivity contribution < 1.29 is 4.39 Å². The lowest BCUT2D eigenvalue weighted by molar-refractivity contribution is 0.406. The summed E-state index contributed by atoms with van der Waals surface area (Å²) >= 11 is 5.93. The summed E-state index contributed by atoms with van der Waals surface area (Å²) < 4.78 is 13.0. The minimum absolute atomic E-state index is 0.255. The highest BCUT2D eigenvalue weighted by molar-refractivity contribution is 6.30. The van der Waals surface area contributed by atoms with Gasteiger partial charge in [-0.2, -0.15) is 0 Å². The molecule has 0 aliphatic carbocycles. The predicted molar refractivity (Wildman–Crippen MR) is 60.3 cm³/mol. The molecule has 82 valence electrons. The lowest BCUT2D eigenvalue weighted by atomic mass is 10.1. The topological polar surface area (TPSA) is 38.4 Å². The monoisotopic (exact) mass is 220 g/mol. The van der Waals surface area contributed by atoms with E-state index in [-0.39, 0.29) is 5.70 Å². The van der Waals surface area contributed by atoms with E-state index >= 15 is 0 Å². The van der Waals surface area contributed by atoms with Crippen LogP contribution in [0.2, 0.25) is 0 Å². The average Bonchev–Trinajstić information content (AvgIpc) is 2.13. The molecule has 0 aliphatic rings. The van der Waals surface area contributed by atoms with Gasteiger partial charge in [0.25, 0.3) is 0 Å². The molecule has 14 heavy (non-hydrogen) atoms. The number of hydrogen-bond acceptors (Lipinski definition) is 1. The average molecular weight is 221 g/mol. The highest BCUT2D eigenvalue weighted by Gasteiger charge is 2.10. The Morgan fingerprint density at radius 2 is 2.21 bits per heavy atom. The quantitative estimate of drug-likeness (QED) is 0.416. The molecule has 0 saturated carbocycles. The minimum Gasteiger partial charge on any atom is -0.390 e. The Morgan fingerprint density at radius 3 is 2.64 bits per heavy atom. The summed E-state index contributed by atoms with van der Waals surface area (Å²) in [5.41, 5.74) is 5.36. The van der Waals surface area contributed by atoms with Crippen LogP contribution in [0.25, 0.3) is 0 Å². The molecule has 0 aromatic heterocycles. The first-order valence-electron chi connectivity index (χ1n) is 4.90. The van der Waals surface area contributed by atoms with E-state index in [2.05, 4.69) is 11.9 Å². The highest BCUT2D eigenvalue weighted by atomic mass is 35.5. The molecule has 0 spiro atoms. The van der Waals surface area contributed by atoms with Crippen molar-refractivity contribution in [2.24, 2.45) is 10.7 Å². The normalized spacial score (nSPS) is 15.7. The number of hydrogen-bond donors (Lipinski definition) is 1. The van der Waals surface area contributed by atoms with E-state index in [4.69, 9.17) is 17.3 Å². The van der Waals surface area contributed by atoms with Crippen LogP contribution < -0.4 is 5.73 Å². The molecular weight excluding hydrogens is 203 g/mol. The molecular formula is C10H18ClFN2. The second-order valence-electron chi connectivity index (χ2n) is 3.14. The zero-order valence-corrected chi connectivity index (χ0v) is 9.52. The third kappa shape index (κ3) is 5.22. The van der Waals surface area contributed by atoms with Crippen molar-refractivity contribution in [1.82, 2.24) is 0 Å². The molecule has 0 aromatic rings. The standard InChI is InChI=1S/C10H18ClFN2/c1-3-4-5-6-9(11)10(8(2)12)14-7-13/h7-8H,3-6H2,1-2H3,(H2,13,14)/b10-9+. The van der Waals surface area contributed by atoms with Crippen molar-refractivity contribution in [3.8, 4) is 0 Å². The number of allylic oxidation sites excluding steroid dienone is 2. The first-order valence-corrected chi connectivity index (χ1v) is 5.28. The Bertz CT molecular complexity index is 212. The lowest BCUT2D eigenvalue weighted by Gasteiger charge is -2.06. The lowest BCUT2D eigenvalue weighted by Crippen LogP contribution is -2.01. The number of nitrogens with zero attached hydrogens (tertiary/aromatic N) is 1. The Kier molecular flexibility index (Phi) is 7.48. The summed E-state index contributed by atoms with van der Waals surface area (Å²) in [6.07, 6.45) is 3.76. The Balaban J connectivity index is 4.32. The van der Waals surface area contributed by atoms with Crippen LogP contribution in [0.15, 0.2) is 15.7 Å². The molecule has 0 saturated heterocycles. The van der Waals surface area contributed by atoms with Crippen molar-refractivity contribution in [1.29, 1.82) is 0 Å². The smallest absolute Gasteiger partial charge is 0.140 e. The zero-order valence-electron chi connectivity index (χ0n) is 8.76. The number of rotatable bonds is 6. The van der Waals surface area contributed by atoms with Crippen molar-refractivity contribution in [2.75, 3.05) is 0 Å². The molecule has 1 unspecified atom stereocenters. The van der Waals surface area contributed by atoms with Gasteiger partial charge in [0.15, 0.2) is 0 Å². The van der Waals surface area contributed by atoms with Crippen LogP contribution in [0.3, 0.4) is 0 Å². The van der Waals surface area contributed by atoms with Gasteiger partial charge in [-0.05, 0) is 19.8 Å². The molecule has 2 N–H and O–H groups in total. The van der Waals surface area contributed by atoms with Crippen LogP contribution >= 0.6 is 11.6 Å². The van der Waals surface area contributed by atoms with Crippen molar-refractivity contribution in [3.05, 3.63) is 10.7 Å². The number of nitrogens with two attached hydrogens (primary N) is 1. The van der Waals surface area contributed by atoms with E-state index in [9.17, 15) is 4.39 Å². The first-order chi connectivity index (χ1) is 6.63. The summed E-state index contributed by atoms with van der Waals surface area (Å²) in [5.74, 6) is 0. The molecule has 0 heterocycles. The Hall–Kier alpha value is -0.570. The third-order valence-corrected chi connectivity index (χ3v) is 2.25. The van der Waals surface area contributed by atoms with E-state index < -0.39 is 6.17 Å². The SMILES string of the molecule is CCCCC/C(Cl)=C(\N=C/N)C(C)F. The molecule has 1 atom stereocenters. The van der Waals surface area contributed by atoms with Gasteiger partial charge < -0.3 is 5.73 Å². The second kappa shape index (κ2) is 7.80. The van der Waals surface area contributed by atoms with Gasteiger partial charge in [-0.25, -0.2) is 9.38 Å². The number of aliphatic imine (C=N–C) groups is 1. The van der Waals surface area contributed by atoms with E-state index in [1.165, 1.54) is 6.92 Å². The fraction of sp³-hybridized carbons (Fsp3) is 0.700. The first kappa shape index (κ1) is 13.4. The molecule has 0 bridgehead atoms. The molecule has 0 fully saturated rings. The number of alkyl halides is 1. The molecule has 2 nitrogen and oxygen atoms in total. The van der Waals surface area contributed by atoms with Crippen molar-refractivity contribution in [2.45, 2.75) is 45.7 Å². The van der Waals surface area contributed by atoms with Gasteiger partial charge in [-0.1, -0.05) is 31.4 Å². The van der Waals surface area contributed by atoms with Gasteiger partial charge in [0.2, 0.25) is 0 Å². The van der Waals surface area contributed by atoms with E-state index in [0.717, 1.165) is 25.6 Å². The summed E-state index contributed by atoms with van der Waals surface area (Å²) in [5, 5.41) is 0.482. The molecule has 0 rings (SSSR count). The van der Waals surface area contributed by atoms with Crippen LogP contribution in [0.4, 0.5) is 4.39 Å². The molecule has 0 amide bonds. The van der Waals surface area contributed by atoms with Gasteiger partial charge in [0.1, 0.15) is 6.17 Å². The maximum atomic E-state index is 13.0. The van der Waals surface area contributed by atoms with Crippen LogP contribution in [0, 0.1) is 0 Å². The molecule has 0 radical (unpaired) electrons. The summed E-state index contributed by atoms with van der Waals surface area (Å²) in [4.78, 5) is 3.73. The maximum Gasteiger partial charge on any atom is 0.140 e. The van der Waals surface area contributed by atoms with Crippen LogP contribution in [-0.2, 0) is 0 Å². The Labute approximate surface area is 90.0 Å². The summed E-state index contributed by atoms with van der Waals surface area (Å²) in [6.45, 7) is 3.51. The van der Waals surface area contributed by atoms with Crippen LogP contribution in [0.5, 0.6) is 0 Å². The largest absolute Gasteiger partial charge is 0.390 e. The van der Waals surface area contributed by atoms with Crippen LogP contribution in [-0.4, -0.2) is 12.5 Å². The molecule has 4 heteroatoms. The fourth-order valence-electron chi connectivity index (χ4n) is 1.13. The van der Waals surface area contributed by atoms with E-state index in [1.54, 1.807) is 0 Å². The molecule has 0 aliphatic heterocycles. The third-order valence-electron chi connectivity index (χ3n) is 1.87. The minimum atomic E-state index is -1.16. The summed E-state index contributed by atoms with van der Waals surface area (Å²) in [7, 11) is 0. The van der Waals surface area contributed by atoms with E-state index in [0.29, 0.717) is 11.5 Å². The maximum absolute atomic E-state index is 13.0. The van der Waals surface area contributed by atoms with Gasteiger partial charge in [-0.3, -0.25) is 0 Å². The van der Waals surface area contributed by atoms with Gasteiger partial charge >= 0.3 is 0 Å². The van der Waals surface area contributed by atoms with E-state index in [1.807, 2.05) is 0 Å². The number of halogens is 2. The number of unbranched alkanes of at least 4 members (excludes halogenated alkanes) is 2. The van der Waals surface area contributed by atoms with Gasteiger partial charge in [0.05, 0.1) is 12.0 Å². The predicted octanol–water partition coefficient (Wildman–Crippen LogP) is 3.36. The van der Waals surface area contributed by atoms with Gasteiger partial charge in [-0.15, -0.1) is 0 Å². The summed E-state index contributed by atoms with van der Waals surface area (Å²) in [6, 6.07) is 0. The fourth-order valence-corrected chi connectivity index (χ4v) is 1.46. The van der Waals surface area contributed by atoms with Crippen molar-refractivity contribution in [3.63, 3.8) is 0 Å². The molecule has 0 aromatic carbocycles. The zero-order chi connectivity index (χ0) is 11.0. The Morgan fingerprint density at radius 1 is 1.57 bits per heavy atom. The van der Waals surface area contributed by atoms with Crippen LogP contribution in [0.1, 0.15) is 39.5 Å². The van der Waals surface area contributed by atoms with Crippen molar-refractivity contribution >= 4 is 17.9 Å². The highest BCUT2D eigenvalue weighted by Crippen LogP contribution is 2.22. The second-order valence-corrected chi connectivity index (χ2v) is 3.60.